The number of halogens is 1. The summed E-state index contributed by atoms with van der Waals surface area (Å²) in [6, 6.07) is 12.9. The van der Waals surface area contributed by atoms with Gasteiger partial charge >= 0.3 is 0 Å². The molecule has 7 heteroatoms. The lowest BCUT2D eigenvalue weighted by Crippen LogP contribution is -2.39. The quantitative estimate of drug-likeness (QED) is 0.569. The average Bonchev–Trinajstić information content (AvgIpc) is 2.74. The second-order valence-electron chi connectivity index (χ2n) is 7.35. The normalized spacial score (nSPS) is 14.5. The van der Waals surface area contributed by atoms with Crippen molar-refractivity contribution in [3.8, 4) is 0 Å². The first kappa shape index (κ1) is 21.6. The minimum atomic E-state index is -0.425. The zero-order valence-electron chi connectivity index (χ0n) is 16.7. The number of nitrogens with zero attached hydrogens (tertiary/aromatic N) is 1. The Balaban J connectivity index is 1.60. The van der Waals surface area contributed by atoms with Crippen molar-refractivity contribution < 1.29 is 14.0 Å². The Morgan fingerprint density at radius 2 is 1.77 bits per heavy atom. The average molecular weight is 426 g/mol. The highest BCUT2D eigenvalue weighted by atomic mass is 32.1. The van der Waals surface area contributed by atoms with Gasteiger partial charge in [0.1, 0.15) is 5.82 Å². The molecule has 0 aliphatic carbocycles. The van der Waals surface area contributed by atoms with Crippen LogP contribution >= 0.6 is 12.2 Å². The van der Waals surface area contributed by atoms with Crippen molar-refractivity contribution in [1.82, 2.24) is 10.2 Å². The SMILES string of the molecule is CC1CCN(C(=O)c2ccccc2NC(=S)NC(=O)/C=C/c2ccc(F)cc2)CC1. The first-order chi connectivity index (χ1) is 14.4. The van der Waals surface area contributed by atoms with Crippen molar-refractivity contribution in [2.75, 3.05) is 18.4 Å². The van der Waals surface area contributed by atoms with Crippen LogP contribution in [0.4, 0.5) is 10.1 Å². The van der Waals surface area contributed by atoms with Gasteiger partial charge in [0.05, 0.1) is 11.3 Å². The van der Waals surface area contributed by atoms with Gasteiger partial charge in [-0.25, -0.2) is 4.39 Å². The number of para-hydroxylation sites is 1. The van der Waals surface area contributed by atoms with Crippen LogP contribution in [-0.4, -0.2) is 34.9 Å². The van der Waals surface area contributed by atoms with Crippen LogP contribution in [0.2, 0.25) is 0 Å². The number of piperidine rings is 1. The standard InChI is InChI=1S/C23H24FN3O2S/c1-16-12-14-27(15-13-16)22(29)19-4-2-3-5-20(19)25-23(30)26-21(28)11-8-17-6-9-18(24)10-7-17/h2-11,16H,12-15H2,1H3,(H2,25,26,28,30)/b11-8+. The van der Waals surface area contributed by atoms with E-state index >= 15 is 0 Å². The summed E-state index contributed by atoms with van der Waals surface area (Å²) in [7, 11) is 0. The number of anilines is 1. The van der Waals surface area contributed by atoms with E-state index in [0.717, 1.165) is 25.9 Å². The van der Waals surface area contributed by atoms with E-state index in [1.165, 1.54) is 18.2 Å². The van der Waals surface area contributed by atoms with Gasteiger partial charge in [0, 0.05) is 19.2 Å². The highest BCUT2D eigenvalue weighted by Gasteiger charge is 2.23. The van der Waals surface area contributed by atoms with Crippen molar-refractivity contribution in [3.63, 3.8) is 0 Å². The van der Waals surface area contributed by atoms with Gasteiger partial charge in [-0.15, -0.1) is 0 Å². The van der Waals surface area contributed by atoms with Crippen LogP contribution in [0.5, 0.6) is 0 Å². The highest BCUT2D eigenvalue weighted by Crippen LogP contribution is 2.22. The Morgan fingerprint density at radius 3 is 2.47 bits per heavy atom. The predicted molar refractivity (Wildman–Crippen MR) is 121 cm³/mol. The van der Waals surface area contributed by atoms with Gasteiger partial charge in [0.15, 0.2) is 5.11 Å². The largest absolute Gasteiger partial charge is 0.339 e. The summed E-state index contributed by atoms with van der Waals surface area (Å²) in [5, 5.41) is 5.60. The third-order valence-electron chi connectivity index (χ3n) is 5.01. The van der Waals surface area contributed by atoms with Crippen LogP contribution in [0.1, 0.15) is 35.7 Å². The molecule has 3 rings (SSSR count). The molecule has 1 fully saturated rings. The van der Waals surface area contributed by atoms with E-state index in [1.807, 2.05) is 4.90 Å². The second kappa shape index (κ2) is 10.1. The van der Waals surface area contributed by atoms with Gasteiger partial charge in [-0.05, 0) is 66.9 Å². The van der Waals surface area contributed by atoms with Crippen molar-refractivity contribution in [2.24, 2.45) is 5.92 Å². The van der Waals surface area contributed by atoms with E-state index < -0.39 is 5.91 Å². The van der Waals surface area contributed by atoms with Crippen LogP contribution in [0.15, 0.2) is 54.6 Å². The Bertz CT molecular complexity index is 951. The fraction of sp³-hybridized carbons (Fsp3) is 0.261. The van der Waals surface area contributed by atoms with Gasteiger partial charge in [0.25, 0.3) is 5.91 Å². The molecule has 0 aromatic heterocycles. The Hall–Kier alpha value is -3.06. The van der Waals surface area contributed by atoms with Crippen LogP contribution in [-0.2, 0) is 4.79 Å². The number of rotatable bonds is 4. The van der Waals surface area contributed by atoms with E-state index in [0.29, 0.717) is 22.7 Å². The maximum Gasteiger partial charge on any atom is 0.255 e. The predicted octanol–water partition coefficient (Wildman–Crippen LogP) is 4.22. The van der Waals surface area contributed by atoms with Gasteiger partial charge in [0.2, 0.25) is 5.91 Å². The molecule has 1 aliphatic heterocycles. The van der Waals surface area contributed by atoms with Crippen LogP contribution in [0.3, 0.4) is 0 Å². The van der Waals surface area contributed by atoms with Crippen LogP contribution in [0.25, 0.3) is 6.08 Å². The van der Waals surface area contributed by atoms with E-state index in [-0.39, 0.29) is 16.8 Å². The number of amides is 2. The molecule has 0 saturated carbocycles. The summed E-state index contributed by atoms with van der Waals surface area (Å²) in [5.41, 5.74) is 1.76. The summed E-state index contributed by atoms with van der Waals surface area (Å²) in [6.07, 6.45) is 4.87. The molecule has 0 spiro atoms. The van der Waals surface area contributed by atoms with Gasteiger partial charge in [-0.3, -0.25) is 14.9 Å². The lowest BCUT2D eigenvalue weighted by atomic mass is 9.98. The lowest BCUT2D eigenvalue weighted by Gasteiger charge is -2.30. The maximum absolute atomic E-state index is 12.9. The minimum Gasteiger partial charge on any atom is -0.339 e. The molecule has 2 aromatic carbocycles. The molecule has 5 nitrogen and oxygen atoms in total. The van der Waals surface area contributed by atoms with Crippen molar-refractivity contribution >= 4 is 40.9 Å². The summed E-state index contributed by atoms with van der Waals surface area (Å²) < 4.78 is 12.9. The molecule has 2 amide bonds. The number of carbonyl (C=O) groups is 2. The third-order valence-corrected chi connectivity index (χ3v) is 5.21. The molecule has 30 heavy (non-hydrogen) atoms. The first-order valence-corrected chi connectivity index (χ1v) is 10.3. The first-order valence-electron chi connectivity index (χ1n) is 9.86. The van der Waals surface area contributed by atoms with Crippen LogP contribution < -0.4 is 10.6 Å². The van der Waals surface area contributed by atoms with E-state index in [4.69, 9.17) is 12.2 Å². The summed E-state index contributed by atoms with van der Waals surface area (Å²) in [5.74, 6) is -0.177. The Morgan fingerprint density at radius 1 is 1.10 bits per heavy atom. The lowest BCUT2D eigenvalue weighted by molar-refractivity contribution is -0.115. The molecule has 156 valence electrons. The molecular weight excluding hydrogens is 401 g/mol. The zero-order chi connectivity index (χ0) is 21.5. The Labute approximate surface area is 181 Å². The Kier molecular flexibility index (Phi) is 7.30. The molecule has 2 aromatic rings. The number of hydrogen-bond donors (Lipinski definition) is 2. The van der Waals surface area contributed by atoms with Gasteiger partial charge in [-0.2, -0.15) is 0 Å². The minimum absolute atomic E-state index is 0.0460. The fourth-order valence-corrected chi connectivity index (χ4v) is 3.42. The molecular formula is C23H24FN3O2S. The summed E-state index contributed by atoms with van der Waals surface area (Å²) in [4.78, 5) is 26.9. The molecule has 0 radical (unpaired) electrons. The van der Waals surface area contributed by atoms with E-state index in [2.05, 4.69) is 17.6 Å². The molecule has 0 atom stereocenters. The van der Waals surface area contributed by atoms with Crippen molar-refractivity contribution in [1.29, 1.82) is 0 Å². The monoisotopic (exact) mass is 425 g/mol. The topological polar surface area (TPSA) is 61.4 Å². The highest BCUT2D eigenvalue weighted by molar-refractivity contribution is 7.80. The van der Waals surface area contributed by atoms with E-state index in [1.54, 1.807) is 42.5 Å². The molecule has 1 heterocycles. The number of carbonyl (C=O) groups excluding carboxylic acids is 2. The summed E-state index contributed by atoms with van der Waals surface area (Å²) in [6.45, 7) is 3.68. The molecule has 0 unspecified atom stereocenters. The molecule has 1 aliphatic rings. The second-order valence-corrected chi connectivity index (χ2v) is 7.76. The molecule has 1 saturated heterocycles. The number of likely N-dealkylation sites (tertiary alicyclic amines) is 1. The van der Waals surface area contributed by atoms with Crippen molar-refractivity contribution in [2.45, 2.75) is 19.8 Å². The van der Waals surface area contributed by atoms with Crippen molar-refractivity contribution in [3.05, 3.63) is 71.6 Å². The van der Waals surface area contributed by atoms with Gasteiger partial charge in [-0.1, -0.05) is 31.2 Å². The number of benzene rings is 2. The molecule has 2 N–H and O–H groups in total. The smallest absolute Gasteiger partial charge is 0.255 e. The maximum atomic E-state index is 12.9. The zero-order valence-corrected chi connectivity index (χ0v) is 17.5. The third kappa shape index (κ3) is 5.97. The van der Waals surface area contributed by atoms with Crippen LogP contribution in [0, 0.1) is 11.7 Å². The number of hydrogen-bond acceptors (Lipinski definition) is 3. The van der Waals surface area contributed by atoms with E-state index in [9.17, 15) is 14.0 Å². The number of nitrogens with one attached hydrogen (secondary N) is 2. The number of thiocarbonyl (C=S) groups is 1. The van der Waals surface area contributed by atoms with Gasteiger partial charge < -0.3 is 10.2 Å². The summed E-state index contributed by atoms with van der Waals surface area (Å²) >= 11 is 5.23. The molecule has 0 bridgehead atoms. The fourth-order valence-electron chi connectivity index (χ4n) is 3.21.